The highest BCUT2D eigenvalue weighted by atomic mass is 16.8. The van der Waals surface area contributed by atoms with Crippen LogP contribution in [-0.4, -0.2) is 30.1 Å². The Morgan fingerprint density at radius 2 is 2.00 bits per heavy atom. The molecule has 2 aliphatic rings. The minimum Gasteiger partial charge on any atom is -0.458 e. The highest BCUT2D eigenvalue weighted by molar-refractivity contribution is 5.78. The Hall–Kier alpha value is -0.610. The summed E-state index contributed by atoms with van der Waals surface area (Å²) >= 11 is 0. The topological polar surface area (TPSA) is 44.8 Å². The first kappa shape index (κ1) is 8.01. The van der Waals surface area contributed by atoms with Gasteiger partial charge in [0.2, 0.25) is 0 Å². The first-order valence-corrected chi connectivity index (χ1v) is 4.06. The molecule has 0 N–H and O–H groups in total. The number of ether oxygens (including phenoxy) is 3. The van der Waals surface area contributed by atoms with E-state index in [0.717, 1.165) is 0 Å². The minimum atomic E-state index is -0.650. The van der Waals surface area contributed by atoms with Crippen LogP contribution in [0.15, 0.2) is 0 Å². The number of rotatable bonds is 0. The number of hydrogen-bond acceptors (Lipinski definition) is 4. The normalized spacial score (nSPS) is 44.2. The largest absolute Gasteiger partial charge is 0.458 e. The summed E-state index contributed by atoms with van der Waals surface area (Å²) in [7, 11) is 0. The maximum Gasteiger partial charge on any atom is 0.338 e. The van der Waals surface area contributed by atoms with Gasteiger partial charge in [0.15, 0.2) is 11.9 Å². The zero-order chi connectivity index (χ0) is 8.93. The van der Waals surface area contributed by atoms with Gasteiger partial charge in [0.05, 0.1) is 0 Å². The third kappa shape index (κ3) is 1.03. The van der Waals surface area contributed by atoms with E-state index in [2.05, 4.69) is 0 Å². The Balaban J connectivity index is 2.20. The number of fused-ring (bicyclic) bond motifs is 1. The first-order chi connectivity index (χ1) is 5.49. The predicted molar refractivity (Wildman–Crippen MR) is 39.4 cm³/mol. The predicted octanol–water partition coefficient (Wildman–Crippen LogP) is 0.452. The van der Waals surface area contributed by atoms with Crippen molar-refractivity contribution in [3.8, 4) is 0 Å². The molecule has 0 aliphatic carbocycles. The van der Waals surface area contributed by atoms with Crippen molar-refractivity contribution in [2.24, 2.45) is 0 Å². The van der Waals surface area contributed by atoms with Crippen molar-refractivity contribution in [3.63, 3.8) is 0 Å². The molecule has 0 amide bonds. The van der Waals surface area contributed by atoms with E-state index in [9.17, 15) is 4.79 Å². The average molecular weight is 172 g/mol. The van der Waals surface area contributed by atoms with Gasteiger partial charge in [-0.15, -0.1) is 0 Å². The molecule has 0 saturated carbocycles. The number of carbonyl (C=O) groups excluding carboxylic acids is 1. The van der Waals surface area contributed by atoms with Gasteiger partial charge in [-0.05, 0) is 20.8 Å². The Morgan fingerprint density at radius 1 is 1.33 bits per heavy atom. The molecular weight excluding hydrogens is 160 g/mol. The smallest absolute Gasteiger partial charge is 0.338 e. The minimum absolute atomic E-state index is 0.190. The van der Waals surface area contributed by atoms with Crippen LogP contribution in [0.4, 0.5) is 0 Å². The SMILES string of the molecule is C[C@@H]1OC(=O)[C@@H]2OC(C)(C)O[C@H]12. The Morgan fingerprint density at radius 3 is 2.58 bits per heavy atom. The molecule has 2 fully saturated rings. The van der Waals surface area contributed by atoms with Gasteiger partial charge < -0.3 is 14.2 Å². The van der Waals surface area contributed by atoms with Crippen LogP contribution < -0.4 is 0 Å². The summed E-state index contributed by atoms with van der Waals surface area (Å²) in [4.78, 5) is 11.1. The molecule has 3 atom stereocenters. The number of carbonyl (C=O) groups is 1. The fourth-order valence-electron chi connectivity index (χ4n) is 1.63. The van der Waals surface area contributed by atoms with Crippen molar-refractivity contribution in [1.82, 2.24) is 0 Å². The maximum absolute atomic E-state index is 11.1. The Kier molecular flexibility index (Phi) is 1.47. The van der Waals surface area contributed by atoms with Crippen molar-refractivity contribution < 1.29 is 19.0 Å². The van der Waals surface area contributed by atoms with Gasteiger partial charge in [0.1, 0.15) is 12.2 Å². The van der Waals surface area contributed by atoms with Gasteiger partial charge in [-0.2, -0.15) is 0 Å². The fourth-order valence-corrected chi connectivity index (χ4v) is 1.63. The molecule has 2 aliphatic heterocycles. The van der Waals surface area contributed by atoms with Crippen molar-refractivity contribution in [2.45, 2.75) is 44.9 Å². The van der Waals surface area contributed by atoms with E-state index in [1.54, 1.807) is 13.8 Å². The summed E-state index contributed by atoms with van der Waals surface area (Å²) in [5.74, 6) is -0.957. The number of esters is 1. The van der Waals surface area contributed by atoms with E-state index in [0.29, 0.717) is 0 Å². The van der Waals surface area contributed by atoms with E-state index in [-0.39, 0.29) is 18.2 Å². The lowest BCUT2D eigenvalue weighted by molar-refractivity contribution is -0.185. The average Bonchev–Trinajstić information content (AvgIpc) is 2.34. The van der Waals surface area contributed by atoms with Crippen LogP contribution >= 0.6 is 0 Å². The van der Waals surface area contributed by atoms with Gasteiger partial charge in [-0.1, -0.05) is 0 Å². The van der Waals surface area contributed by atoms with Crippen molar-refractivity contribution >= 4 is 5.97 Å². The molecular formula is C8H12O4. The van der Waals surface area contributed by atoms with Gasteiger partial charge >= 0.3 is 5.97 Å². The van der Waals surface area contributed by atoms with E-state index < -0.39 is 11.9 Å². The van der Waals surface area contributed by atoms with Crippen molar-refractivity contribution in [2.75, 3.05) is 0 Å². The summed E-state index contributed by atoms with van der Waals surface area (Å²) in [6.07, 6.45) is -0.938. The first-order valence-electron chi connectivity index (χ1n) is 4.06. The van der Waals surface area contributed by atoms with Gasteiger partial charge in [-0.3, -0.25) is 0 Å². The van der Waals surface area contributed by atoms with Crippen LogP contribution in [0, 0.1) is 0 Å². The van der Waals surface area contributed by atoms with Crippen LogP contribution in [-0.2, 0) is 19.0 Å². The van der Waals surface area contributed by atoms with Crippen LogP contribution in [0.25, 0.3) is 0 Å². The standard InChI is InChI=1S/C8H12O4/c1-4-5-6(7(9)10-4)12-8(2,3)11-5/h4-6H,1-3H3/t4-,5+,6+/m0/s1. The molecule has 0 unspecified atom stereocenters. The highest BCUT2D eigenvalue weighted by Gasteiger charge is 2.54. The van der Waals surface area contributed by atoms with Crippen molar-refractivity contribution in [3.05, 3.63) is 0 Å². The molecule has 12 heavy (non-hydrogen) atoms. The molecule has 0 aromatic carbocycles. The van der Waals surface area contributed by atoms with Gasteiger partial charge in [0.25, 0.3) is 0 Å². The lowest BCUT2D eigenvalue weighted by Crippen LogP contribution is -2.27. The Bertz CT molecular complexity index is 223. The molecule has 68 valence electrons. The maximum atomic E-state index is 11.1. The molecule has 0 radical (unpaired) electrons. The van der Waals surface area contributed by atoms with Crippen LogP contribution in [0.3, 0.4) is 0 Å². The summed E-state index contributed by atoms with van der Waals surface area (Å²) in [5.41, 5.74) is 0. The molecule has 0 bridgehead atoms. The second-order valence-electron chi connectivity index (χ2n) is 3.66. The third-order valence-corrected chi connectivity index (χ3v) is 2.13. The summed E-state index contributed by atoms with van der Waals surface area (Å²) in [6.45, 7) is 5.41. The van der Waals surface area contributed by atoms with Crippen LogP contribution in [0.2, 0.25) is 0 Å². The molecule has 2 saturated heterocycles. The van der Waals surface area contributed by atoms with E-state index in [1.807, 2.05) is 6.92 Å². The molecule has 4 nitrogen and oxygen atoms in total. The Labute approximate surface area is 70.8 Å². The zero-order valence-electron chi connectivity index (χ0n) is 7.37. The third-order valence-electron chi connectivity index (χ3n) is 2.13. The lowest BCUT2D eigenvalue weighted by atomic mass is 10.2. The molecule has 2 rings (SSSR count). The summed E-state index contributed by atoms with van der Waals surface area (Å²) < 4.78 is 15.8. The second-order valence-corrected chi connectivity index (χ2v) is 3.66. The van der Waals surface area contributed by atoms with Gasteiger partial charge in [0, 0.05) is 0 Å². The quantitative estimate of drug-likeness (QED) is 0.498. The zero-order valence-corrected chi connectivity index (χ0v) is 7.37. The molecule has 2 heterocycles. The van der Waals surface area contributed by atoms with E-state index in [4.69, 9.17) is 14.2 Å². The number of cyclic esters (lactones) is 1. The summed E-state index contributed by atoms with van der Waals surface area (Å²) in [5, 5.41) is 0. The van der Waals surface area contributed by atoms with Crippen LogP contribution in [0.5, 0.6) is 0 Å². The monoisotopic (exact) mass is 172 g/mol. The van der Waals surface area contributed by atoms with E-state index in [1.165, 1.54) is 0 Å². The fraction of sp³-hybridized carbons (Fsp3) is 0.875. The lowest BCUT2D eigenvalue weighted by Gasteiger charge is -2.19. The molecule has 0 aromatic heterocycles. The molecule has 0 spiro atoms. The van der Waals surface area contributed by atoms with Gasteiger partial charge in [-0.25, -0.2) is 4.79 Å². The molecule has 0 aromatic rings. The second kappa shape index (κ2) is 2.20. The van der Waals surface area contributed by atoms with E-state index >= 15 is 0 Å². The number of hydrogen-bond donors (Lipinski definition) is 0. The van der Waals surface area contributed by atoms with Crippen LogP contribution in [0.1, 0.15) is 20.8 Å². The van der Waals surface area contributed by atoms with Crippen molar-refractivity contribution in [1.29, 1.82) is 0 Å². The summed E-state index contributed by atoms with van der Waals surface area (Å²) in [6, 6.07) is 0. The molecule has 4 heteroatoms. The highest BCUT2D eigenvalue weighted by Crippen LogP contribution is 2.35.